The summed E-state index contributed by atoms with van der Waals surface area (Å²) >= 11 is 0. The zero-order valence-corrected chi connectivity index (χ0v) is 12.0. The summed E-state index contributed by atoms with van der Waals surface area (Å²) in [6, 6.07) is 10.5. The second-order valence-electron chi connectivity index (χ2n) is 6.32. The van der Waals surface area contributed by atoms with Crippen molar-refractivity contribution in [3.8, 4) is 0 Å². The molecule has 0 bridgehead atoms. The lowest BCUT2D eigenvalue weighted by Crippen LogP contribution is -2.45. The maximum Gasteiger partial charge on any atom is 0.168 e. The van der Waals surface area contributed by atoms with E-state index in [1.807, 2.05) is 6.07 Å². The molecule has 0 N–H and O–H groups in total. The van der Waals surface area contributed by atoms with Crippen LogP contribution in [0.15, 0.2) is 42.5 Å². The van der Waals surface area contributed by atoms with E-state index in [4.69, 9.17) is 9.47 Å². The van der Waals surface area contributed by atoms with Gasteiger partial charge in [-0.25, -0.2) is 0 Å². The predicted octanol–water partition coefficient (Wildman–Crippen LogP) is 3.07. The Kier molecular flexibility index (Phi) is 3.20. The number of carbonyl (C=O) groups excluding carboxylic acids is 1. The maximum absolute atomic E-state index is 12.2. The minimum absolute atomic E-state index is 0.124. The van der Waals surface area contributed by atoms with E-state index in [0.29, 0.717) is 19.1 Å². The number of rotatable bonds is 1. The smallest absolute Gasteiger partial charge is 0.168 e. The van der Waals surface area contributed by atoms with Crippen LogP contribution in [0.4, 0.5) is 0 Å². The quantitative estimate of drug-likeness (QED) is 0.795. The molecule has 110 valence electrons. The second-order valence-corrected chi connectivity index (χ2v) is 6.32. The zero-order valence-electron chi connectivity index (χ0n) is 12.0. The van der Waals surface area contributed by atoms with Crippen LogP contribution in [0.5, 0.6) is 0 Å². The first-order valence-corrected chi connectivity index (χ1v) is 7.82. The van der Waals surface area contributed by atoms with Gasteiger partial charge in [-0.05, 0) is 24.0 Å². The zero-order chi connectivity index (χ0) is 14.3. The lowest BCUT2D eigenvalue weighted by atomic mass is 9.64. The molecule has 3 atom stereocenters. The highest BCUT2D eigenvalue weighted by atomic mass is 16.7. The Labute approximate surface area is 124 Å². The number of carbonyl (C=O) groups is 1. The summed E-state index contributed by atoms with van der Waals surface area (Å²) in [6.45, 7) is 1.36. The van der Waals surface area contributed by atoms with Crippen LogP contribution in [0.2, 0.25) is 0 Å². The second kappa shape index (κ2) is 5.08. The van der Waals surface area contributed by atoms with Gasteiger partial charge in [-0.15, -0.1) is 0 Å². The van der Waals surface area contributed by atoms with E-state index in [1.54, 1.807) is 6.08 Å². The van der Waals surface area contributed by atoms with E-state index >= 15 is 0 Å². The van der Waals surface area contributed by atoms with Gasteiger partial charge in [0.15, 0.2) is 11.6 Å². The first kappa shape index (κ1) is 13.2. The normalized spacial score (nSPS) is 34.1. The molecule has 2 fully saturated rings. The molecule has 1 aromatic carbocycles. The van der Waals surface area contributed by atoms with Crippen LogP contribution >= 0.6 is 0 Å². The molecule has 1 aromatic rings. The molecule has 1 heterocycles. The SMILES string of the molecule is O=C1C=C[C@@H](c2ccccc2)[C@@H]2CC3(CC[C@H]12)OCCO3. The van der Waals surface area contributed by atoms with Gasteiger partial charge >= 0.3 is 0 Å². The van der Waals surface area contributed by atoms with E-state index in [-0.39, 0.29) is 17.6 Å². The summed E-state index contributed by atoms with van der Waals surface area (Å²) in [5, 5.41) is 0. The Hall–Kier alpha value is -1.45. The molecular weight excluding hydrogens is 264 g/mol. The van der Waals surface area contributed by atoms with Crippen molar-refractivity contribution >= 4 is 5.78 Å². The van der Waals surface area contributed by atoms with Crippen LogP contribution in [-0.2, 0) is 14.3 Å². The summed E-state index contributed by atoms with van der Waals surface area (Å²) in [5.74, 6) is 0.550. The van der Waals surface area contributed by atoms with Crippen molar-refractivity contribution in [2.45, 2.75) is 31.0 Å². The first-order chi connectivity index (χ1) is 10.3. The molecular formula is C18H20O3. The van der Waals surface area contributed by atoms with Gasteiger partial charge < -0.3 is 9.47 Å². The van der Waals surface area contributed by atoms with Crippen molar-refractivity contribution < 1.29 is 14.3 Å². The third-order valence-electron chi connectivity index (χ3n) is 5.19. The summed E-state index contributed by atoms with van der Waals surface area (Å²) in [6.07, 6.45) is 6.40. The van der Waals surface area contributed by atoms with E-state index in [1.165, 1.54) is 5.56 Å². The Morgan fingerprint density at radius 1 is 1.10 bits per heavy atom. The number of allylic oxidation sites excluding steroid dienone is 2. The van der Waals surface area contributed by atoms with E-state index in [9.17, 15) is 4.79 Å². The van der Waals surface area contributed by atoms with Crippen molar-refractivity contribution in [1.29, 1.82) is 0 Å². The summed E-state index contributed by atoms with van der Waals surface area (Å²) in [5.41, 5.74) is 1.28. The van der Waals surface area contributed by atoms with Gasteiger partial charge in [0, 0.05) is 24.7 Å². The van der Waals surface area contributed by atoms with Gasteiger partial charge in [-0.2, -0.15) is 0 Å². The fraction of sp³-hybridized carbons (Fsp3) is 0.500. The summed E-state index contributed by atoms with van der Waals surface area (Å²) in [7, 11) is 0. The molecule has 4 rings (SSSR count). The topological polar surface area (TPSA) is 35.5 Å². The molecule has 0 aromatic heterocycles. The third kappa shape index (κ3) is 2.25. The monoisotopic (exact) mass is 284 g/mol. The van der Waals surface area contributed by atoms with Gasteiger partial charge in [-0.3, -0.25) is 4.79 Å². The van der Waals surface area contributed by atoms with Gasteiger partial charge in [-0.1, -0.05) is 36.4 Å². The molecule has 1 saturated carbocycles. The Morgan fingerprint density at radius 3 is 2.62 bits per heavy atom. The van der Waals surface area contributed by atoms with Gasteiger partial charge in [0.25, 0.3) is 0 Å². The maximum atomic E-state index is 12.2. The molecule has 0 radical (unpaired) electrons. The standard InChI is InChI=1S/C18H20O3/c19-17-7-6-14(13-4-2-1-3-5-13)16-12-18(9-8-15(16)17)20-10-11-21-18/h1-7,14-16H,8-12H2/t14-,15-,16-/m0/s1. The highest BCUT2D eigenvalue weighted by molar-refractivity contribution is 5.93. The van der Waals surface area contributed by atoms with Crippen molar-refractivity contribution in [1.82, 2.24) is 0 Å². The Balaban J connectivity index is 1.67. The lowest BCUT2D eigenvalue weighted by molar-refractivity contribution is -0.196. The predicted molar refractivity (Wildman–Crippen MR) is 78.8 cm³/mol. The lowest BCUT2D eigenvalue weighted by Gasteiger charge is -2.44. The number of fused-ring (bicyclic) bond motifs is 1. The number of ether oxygens (including phenoxy) is 2. The molecule has 21 heavy (non-hydrogen) atoms. The average molecular weight is 284 g/mol. The van der Waals surface area contributed by atoms with E-state index < -0.39 is 5.79 Å². The molecule has 0 unspecified atom stereocenters. The van der Waals surface area contributed by atoms with Gasteiger partial charge in [0.2, 0.25) is 0 Å². The van der Waals surface area contributed by atoms with Crippen LogP contribution < -0.4 is 0 Å². The molecule has 1 aliphatic heterocycles. The number of hydrogen-bond acceptors (Lipinski definition) is 3. The van der Waals surface area contributed by atoms with E-state index in [2.05, 4.69) is 30.3 Å². The van der Waals surface area contributed by atoms with Crippen LogP contribution in [0.1, 0.15) is 30.7 Å². The number of hydrogen-bond donors (Lipinski definition) is 0. The largest absolute Gasteiger partial charge is 0.348 e. The van der Waals surface area contributed by atoms with Crippen LogP contribution in [0, 0.1) is 11.8 Å². The van der Waals surface area contributed by atoms with Crippen molar-refractivity contribution in [2.24, 2.45) is 11.8 Å². The van der Waals surface area contributed by atoms with Gasteiger partial charge in [0.05, 0.1) is 13.2 Å². The average Bonchev–Trinajstić information content (AvgIpc) is 2.96. The highest BCUT2D eigenvalue weighted by Gasteiger charge is 2.49. The number of ketones is 1. The molecule has 3 nitrogen and oxygen atoms in total. The molecule has 2 aliphatic carbocycles. The fourth-order valence-electron chi connectivity index (χ4n) is 4.18. The third-order valence-corrected chi connectivity index (χ3v) is 5.19. The fourth-order valence-corrected chi connectivity index (χ4v) is 4.18. The first-order valence-electron chi connectivity index (χ1n) is 7.82. The summed E-state index contributed by atoms with van der Waals surface area (Å²) < 4.78 is 11.8. The number of benzene rings is 1. The van der Waals surface area contributed by atoms with Crippen molar-refractivity contribution in [3.05, 3.63) is 48.0 Å². The van der Waals surface area contributed by atoms with Crippen LogP contribution in [-0.4, -0.2) is 24.8 Å². The Bertz CT molecular complexity index is 557. The minimum Gasteiger partial charge on any atom is -0.348 e. The highest BCUT2D eigenvalue weighted by Crippen LogP contribution is 2.49. The molecule has 1 spiro atoms. The Morgan fingerprint density at radius 2 is 1.86 bits per heavy atom. The molecule has 3 aliphatic rings. The molecule has 0 amide bonds. The molecule has 1 saturated heterocycles. The van der Waals surface area contributed by atoms with E-state index in [0.717, 1.165) is 19.3 Å². The van der Waals surface area contributed by atoms with Crippen LogP contribution in [0.3, 0.4) is 0 Å². The van der Waals surface area contributed by atoms with Crippen LogP contribution in [0.25, 0.3) is 0 Å². The minimum atomic E-state index is -0.431. The summed E-state index contributed by atoms with van der Waals surface area (Å²) in [4.78, 5) is 12.2. The van der Waals surface area contributed by atoms with Crippen molar-refractivity contribution in [3.63, 3.8) is 0 Å². The van der Waals surface area contributed by atoms with Gasteiger partial charge in [0.1, 0.15) is 0 Å². The molecule has 3 heteroatoms. The van der Waals surface area contributed by atoms with Crippen molar-refractivity contribution in [2.75, 3.05) is 13.2 Å².